The highest BCUT2D eigenvalue weighted by Crippen LogP contribution is 2.29. The van der Waals surface area contributed by atoms with Crippen LogP contribution in [0.1, 0.15) is 16.1 Å². The van der Waals surface area contributed by atoms with Crippen molar-refractivity contribution in [2.75, 3.05) is 5.73 Å². The summed E-state index contributed by atoms with van der Waals surface area (Å²) < 4.78 is 39.4. The summed E-state index contributed by atoms with van der Waals surface area (Å²) in [6.07, 6.45) is -4.92. The molecule has 1 heterocycles. The van der Waals surface area contributed by atoms with E-state index >= 15 is 0 Å². The summed E-state index contributed by atoms with van der Waals surface area (Å²) in [5, 5.41) is 8.53. The fraction of sp³-hybridized carbons (Fsp3) is 0.125. The Labute approximate surface area is 87.3 Å². The predicted molar refractivity (Wildman–Crippen MR) is 45.4 cm³/mol. The number of hydrogen-bond donors (Lipinski definition) is 1. The number of nitrogens with two attached hydrogens (primary N) is 1. The third-order valence-corrected chi connectivity index (χ3v) is 1.47. The molecule has 16 heavy (non-hydrogen) atoms. The van der Waals surface area contributed by atoms with Crippen molar-refractivity contribution in [2.24, 2.45) is 0 Å². The number of nitrogen functional groups attached to an aromatic ring is 1. The highest BCUT2D eigenvalue weighted by atomic mass is 19.4. The van der Waals surface area contributed by atoms with Gasteiger partial charge in [-0.3, -0.25) is 4.79 Å². The molecule has 1 rings (SSSR count). The van der Waals surface area contributed by atoms with Crippen molar-refractivity contribution in [2.45, 2.75) is 6.36 Å². The van der Waals surface area contributed by atoms with Crippen LogP contribution in [0, 0.1) is 11.3 Å². The quantitative estimate of drug-likeness (QED) is 0.773. The molecule has 0 radical (unpaired) electrons. The Kier molecular flexibility index (Phi) is 2.99. The van der Waals surface area contributed by atoms with Crippen LogP contribution in [0.5, 0.6) is 5.75 Å². The molecule has 0 aliphatic carbocycles. The van der Waals surface area contributed by atoms with Crippen molar-refractivity contribution in [3.05, 3.63) is 17.3 Å². The molecule has 5 nitrogen and oxygen atoms in total. The Balaban J connectivity index is 3.35. The van der Waals surface area contributed by atoms with Gasteiger partial charge in [-0.1, -0.05) is 0 Å². The predicted octanol–water partition coefficient (Wildman–Crippen LogP) is 1.25. The molecule has 0 saturated heterocycles. The lowest BCUT2D eigenvalue weighted by Gasteiger charge is -2.11. The van der Waals surface area contributed by atoms with Gasteiger partial charge in [-0.05, 0) is 6.07 Å². The van der Waals surface area contributed by atoms with E-state index in [0.29, 0.717) is 0 Å². The van der Waals surface area contributed by atoms with E-state index in [2.05, 4.69) is 9.72 Å². The summed E-state index contributed by atoms with van der Waals surface area (Å²) in [4.78, 5) is 13.8. The first-order valence-electron chi connectivity index (χ1n) is 3.79. The molecule has 0 amide bonds. The second kappa shape index (κ2) is 4.06. The molecule has 1 aromatic rings. The lowest BCUT2D eigenvalue weighted by atomic mass is 10.2. The van der Waals surface area contributed by atoms with E-state index in [1.165, 1.54) is 6.07 Å². The van der Waals surface area contributed by atoms with Crippen molar-refractivity contribution >= 4 is 12.1 Å². The summed E-state index contributed by atoms with van der Waals surface area (Å²) in [7, 11) is 0. The minimum absolute atomic E-state index is 0.0972. The summed E-state index contributed by atoms with van der Waals surface area (Å²) in [6, 6.07) is 2.24. The first kappa shape index (κ1) is 11.8. The minimum Gasteiger partial charge on any atom is -0.402 e. The number of rotatable bonds is 2. The number of nitrogens with zero attached hydrogens (tertiary/aromatic N) is 2. The largest absolute Gasteiger partial charge is 0.573 e. The van der Waals surface area contributed by atoms with Gasteiger partial charge >= 0.3 is 6.36 Å². The number of anilines is 1. The van der Waals surface area contributed by atoms with Crippen molar-refractivity contribution in [1.82, 2.24) is 4.98 Å². The third-order valence-electron chi connectivity index (χ3n) is 1.47. The highest BCUT2D eigenvalue weighted by Gasteiger charge is 2.34. The number of alkyl halides is 3. The molecular weight excluding hydrogens is 227 g/mol. The topological polar surface area (TPSA) is 89.0 Å². The van der Waals surface area contributed by atoms with Crippen LogP contribution in [-0.4, -0.2) is 17.6 Å². The van der Waals surface area contributed by atoms with Gasteiger partial charge in [0.2, 0.25) is 0 Å². The number of aldehydes is 1. The van der Waals surface area contributed by atoms with E-state index in [9.17, 15) is 18.0 Å². The Bertz CT molecular complexity index is 465. The summed E-state index contributed by atoms with van der Waals surface area (Å²) in [5.41, 5.74) is 4.01. The molecule has 84 valence electrons. The van der Waals surface area contributed by atoms with Gasteiger partial charge in [0.15, 0.2) is 17.7 Å². The molecule has 8 heteroatoms. The molecule has 0 aliphatic heterocycles. The standard InChI is InChI=1S/C8H4F3N3O2/c9-8(10,11)16-7-4(3-15)1-6(13)14-5(7)2-12/h1,3H,(H2,13,14). The van der Waals surface area contributed by atoms with Crippen LogP contribution in [0.2, 0.25) is 0 Å². The number of pyridine rings is 1. The monoisotopic (exact) mass is 231 g/mol. The average molecular weight is 231 g/mol. The van der Waals surface area contributed by atoms with Gasteiger partial charge in [-0.15, -0.1) is 13.2 Å². The van der Waals surface area contributed by atoms with Crippen molar-refractivity contribution in [3.63, 3.8) is 0 Å². The SMILES string of the molecule is N#Cc1nc(N)cc(C=O)c1OC(F)(F)F. The van der Waals surface area contributed by atoms with Gasteiger partial charge in [0.25, 0.3) is 0 Å². The lowest BCUT2D eigenvalue weighted by molar-refractivity contribution is -0.274. The smallest absolute Gasteiger partial charge is 0.402 e. The normalized spacial score (nSPS) is 10.6. The molecule has 0 spiro atoms. The van der Waals surface area contributed by atoms with Gasteiger partial charge in [-0.25, -0.2) is 4.98 Å². The first-order valence-corrected chi connectivity index (χ1v) is 3.79. The molecule has 0 saturated carbocycles. The van der Waals surface area contributed by atoms with Crippen LogP contribution < -0.4 is 10.5 Å². The van der Waals surface area contributed by atoms with E-state index in [4.69, 9.17) is 11.0 Å². The van der Waals surface area contributed by atoms with E-state index in [1.807, 2.05) is 0 Å². The van der Waals surface area contributed by atoms with Crippen molar-refractivity contribution in [1.29, 1.82) is 5.26 Å². The lowest BCUT2D eigenvalue weighted by Crippen LogP contribution is -2.19. The maximum Gasteiger partial charge on any atom is 0.573 e. The Morgan fingerprint density at radius 3 is 2.62 bits per heavy atom. The zero-order valence-electron chi connectivity index (χ0n) is 7.58. The second-order valence-corrected chi connectivity index (χ2v) is 2.59. The maximum atomic E-state index is 12.0. The molecule has 0 aliphatic rings. The number of carbonyl (C=O) groups is 1. The van der Waals surface area contributed by atoms with Gasteiger partial charge in [0.1, 0.15) is 11.9 Å². The Hall–Kier alpha value is -2.30. The van der Waals surface area contributed by atoms with Crippen molar-refractivity contribution < 1.29 is 22.7 Å². The van der Waals surface area contributed by atoms with E-state index in [1.54, 1.807) is 0 Å². The van der Waals surface area contributed by atoms with Crippen LogP contribution in [0.15, 0.2) is 6.07 Å². The summed E-state index contributed by atoms with van der Waals surface area (Å²) >= 11 is 0. The Morgan fingerprint density at radius 1 is 1.56 bits per heavy atom. The van der Waals surface area contributed by atoms with Crippen LogP contribution in [0.3, 0.4) is 0 Å². The number of ether oxygens (including phenoxy) is 1. The van der Waals surface area contributed by atoms with Crippen molar-refractivity contribution in [3.8, 4) is 11.8 Å². The number of nitriles is 1. The molecule has 0 unspecified atom stereocenters. The van der Waals surface area contributed by atoms with E-state index < -0.39 is 23.4 Å². The third kappa shape index (κ3) is 2.60. The Morgan fingerprint density at radius 2 is 2.19 bits per heavy atom. The maximum absolute atomic E-state index is 12.0. The molecular formula is C8H4F3N3O2. The molecule has 0 fully saturated rings. The highest BCUT2D eigenvalue weighted by molar-refractivity contribution is 5.82. The van der Waals surface area contributed by atoms with E-state index in [-0.39, 0.29) is 12.1 Å². The van der Waals surface area contributed by atoms with Gasteiger partial charge < -0.3 is 10.5 Å². The van der Waals surface area contributed by atoms with Gasteiger partial charge in [0, 0.05) is 0 Å². The van der Waals surface area contributed by atoms with Gasteiger partial charge in [0.05, 0.1) is 5.56 Å². The average Bonchev–Trinajstić information content (AvgIpc) is 2.18. The number of hydrogen-bond acceptors (Lipinski definition) is 5. The van der Waals surface area contributed by atoms with Crippen LogP contribution in [0.4, 0.5) is 19.0 Å². The van der Waals surface area contributed by atoms with Crippen LogP contribution >= 0.6 is 0 Å². The van der Waals surface area contributed by atoms with E-state index in [0.717, 1.165) is 6.07 Å². The molecule has 0 aromatic carbocycles. The first-order chi connectivity index (χ1) is 7.37. The molecule has 2 N–H and O–H groups in total. The summed E-state index contributed by atoms with van der Waals surface area (Å²) in [6.45, 7) is 0. The summed E-state index contributed by atoms with van der Waals surface area (Å²) in [5.74, 6) is -1.19. The minimum atomic E-state index is -5.01. The molecule has 1 aromatic heterocycles. The fourth-order valence-electron chi connectivity index (χ4n) is 0.960. The molecule has 0 atom stereocenters. The second-order valence-electron chi connectivity index (χ2n) is 2.59. The van der Waals surface area contributed by atoms with Crippen LogP contribution in [0.25, 0.3) is 0 Å². The van der Waals surface area contributed by atoms with Crippen LogP contribution in [-0.2, 0) is 0 Å². The van der Waals surface area contributed by atoms with Gasteiger partial charge in [-0.2, -0.15) is 5.26 Å². The zero-order chi connectivity index (χ0) is 12.3. The molecule has 0 bridgehead atoms. The number of halogens is 3. The number of carbonyl (C=O) groups excluding carboxylic acids is 1. The zero-order valence-corrected chi connectivity index (χ0v) is 7.58. The number of aromatic nitrogens is 1. The fourth-order valence-corrected chi connectivity index (χ4v) is 0.960.